The minimum atomic E-state index is -0.356. The summed E-state index contributed by atoms with van der Waals surface area (Å²) in [6.45, 7) is 10.8. The van der Waals surface area contributed by atoms with E-state index < -0.39 is 0 Å². The second kappa shape index (κ2) is 5.80. The zero-order chi connectivity index (χ0) is 12.1. The highest BCUT2D eigenvalue weighted by Gasteiger charge is 2.26. The van der Waals surface area contributed by atoms with Crippen molar-refractivity contribution in [2.45, 2.75) is 58.5 Å². The Morgan fingerprint density at radius 2 is 1.27 bits per heavy atom. The zero-order valence-electron chi connectivity index (χ0n) is 10.7. The van der Waals surface area contributed by atoms with Gasteiger partial charge in [0.25, 0.3) is 0 Å². The summed E-state index contributed by atoms with van der Waals surface area (Å²) in [6.07, 6.45) is 0.537. The van der Waals surface area contributed by atoms with Gasteiger partial charge in [-0.1, -0.05) is 6.92 Å². The number of nitrogens with two attached hydrogens (primary N) is 2. The first-order valence-electron chi connectivity index (χ1n) is 5.52. The SMILES string of the molecule is CCC(OC(C)(C)CN)OC(C)(C)CN. The Morgan fingerprint density at radius 1 is 0.933 bits per heavy atom. The van der Waals surface area contributed by atoms with Gasteiger partial charge in [-0.25, -0.2) is 0 Å². The van der Waals surface area contributed by atoms with E-state index in [2.05, 4.69) is 0 Å². The lowest BCUT2D eigenvalue weighted by Crippen LogP contribution is -2.44. The van der Waals surface area contributed by atoms with Gasteiger partial charge in [0.1, 0.15) is 0 Å². The van der Waals surface area contributed by atoms with Crippen LogP contribution in [-0.2, 0) is 9.47 Å². The van der Waals surface area contributed by atoms with Crippen LogP contribution in [-0.4, -0.2) is 30.6 Å². The summed E-state index contributed by atoms with van der Waals surface area (Å²) in [4.78, 5) is 0. The number of ether oxygens (including phenoxy) is 2. The van der Waals surface area contributed by atoms with Crippen LogP contribution in [0.1, 0.15) is 41.0 Å². The molecule has 0 unspecified atom stereocenters. The van der Waals surface area contributed by atoms with Gasteiger partial charge < -0.3 is 20.9 Å². The van der Waals surface area contributed by atoms with E-state index in [1.165, 1.54) is 0 Å². The van der Waals surface area contributed by atoms with Crippen molar-refractivity contribution in [1.29, 1.82) is 0 Å². The molecule has 0 aliphatic heterocycles. The highest BCUT2D eigenvalue weighted by Crippen LogP contribution is 2.19. The number of hydrogen-bond donors (Lipinski definition) is 2. The van der Waals surface area contributed by atoms with E-state index >= 15 is 0 Å². The predicted octanol–water partition coefficient (Wildman–Crippen LogP) is 1.23. The van der Waals surface area contributed by atoms with Crippen molar-refractivity contribution >= 4 is 0 Å². The van der Waals surface area contributed by atoms with Gasteiger partial charge in [-0.3, -0.25) is 0 Å². The standard InChI is InChI=1S/C11H26N2O2/c1-6-9(14-10(2,3)7-12)15-11(4,5)8-13/h9H,6-8,12-13H2,1-5H3. The fraction of sp³-hybridized carbons (Fsp3) is 1.00. The van der Waals surface area contributed by atoms with Crippen LogP contribution < -0.4 is 11.5 Å². The number of rotatable bonds is 7. The molecule has 0 aromatic heterocycles. The van der Waals surface area contributed by atoms with Crippen LogP contribution in [0, 0.1) is 0 Å². The Labute approximate surface area is 93.3 Å². The lowest BCUT2D eigenvalue weighted by molar-refractivity contribution is -0.237. The second-order valence-electron chi connectivity index (χ2n) is 5.00. The predicted molar refractivity (Wildman–Crippen MR) is 62.5 cm³/mol. The van der Waals surface area contributed by atoms with Crippen LogP contribution in [0.25, 0.3) is 0 Å². The maximum atomic E-state index is 5.77. The molecule has 0 bridgehead atoms. The summed E-state index contributed by atoms with van der Waals surface area (Å²) in [5.41, 5.74) is 10.5. The Hall–Kier alpha value is -0.160. The normalized spacial score (nSPS) is 13.6. The largest absolute Gasteiger partial charge is 0.345 e. The molecule has 0 saturated heterocycles. The molecule has 0 saturated carbocycles. The van der Waals surface area contributed by atoms with Crippen LogP contribution in [0.4, 0.5) is 0 Å². The summed E-state index contributed by atoms with van der Waals surface area (Å²) < 4.78 is 11.5. The third-order valence-electron chi connectivity index (χ3n) is 2.22. The van der Waals surface area contributed by atoms with Gasteiger partial charge in [0, 0.05) is 13.1 Å². The van der Waals surface area contributed by atoms with E-state index in [1.54, 1.807) is 0 Å². The monoisotopic (exact) mass is 218 g/mol. The van der Waals surface area contributed by atoms with Crippen LogP contribution in [0.2, 0.25) is 0 Å². The minimum Gasteiger partial charge on any atom is -0.345 e. The maximum Gasteiger partial charge on any atom is 0.158 e. The summed E-state index contributed by atoms with van der Waals surface area (Å²) >= 11 is 0. The fourth-order valence-electron chi connectivity index (χ4n) is 0.999. The Balaban J connectivity index is 4.27. The molecular formula is C11H26N2O2. The van der Waals surface area contributed by atoms with E-state index in [9.17, 15) is 0 Å². The van der Waals surface area contributed by atoms with Gasteiger partial charge in [-0.05, 0) is 34.1 Å². The first-order valence-corrected chi connectivity index (χ1v) is 5.52. The van der Waals surface area contributed by atoms with Crippen molar-refractivity contribution in [3.05, 3.63) is 0 Å². The maximum absolute atomic E-state index is 5.77. The van der Waals surface area contributed by atoms with Gasteiger partial charge in [-0.2, -0.15) is 0 Å². The van der Waals surface area contributed by atoms with Crippen molar-refractivity contribution < 1.29 is 9.47 Å². The molecule has 0 aliphatic rings. The molecule has 4 heteroatoms. The topological polar surface area (TPSA) is 70.5 Å². The third kappa shape index (κ3) is 6.10. The fourth-order valence-corrected chi connectivity index (χ4v) is 0.999. The molecule has 4 N–H and O–H groups in total. The molecule has 15 heavy (non-hydrogen) atoms. The van der Waals surface area contributed by atoms with Gasteiger partial charge in [0.2, 0.25) is 0 Å². The van der Waals surface area contributed by atoms with Crippen LogP contribution >= 0.6 is 0 Å². The van der Waals surface area contributed by atoms with E-state index in [1.807, 2.05) is 34.6 Å². The number of hydrogen-bond acceptors (Lipinski definition) is 4. The molecule has 0 amide bonds. The molecule has 0 spiro atoms. The van der Waals surface area contributed by atoms with E-state index in [0.29, 0.717) is 13.1 Å². The molecule has 92 valence electrons. The van der Waals surface area contributed by atoms with Crippen LogP contribution in [0.3, 0.4) is 0 Å². The van der Waals surface area contributed by atoms with Crippen molar-refractivity contribution in [1.82, 2.24) is 0 Å². The van der Waals surface area contributed by atoms with Crippen LogP contribution in [0.15, 0.2) is 0 Å². The second-order valence-corrected chi connectivity index (χ2v) is 5.00. The molecule has 0 atom stereocenters. The van der Waals surface area contributed by atoms with E-state index in [4.69, 9.17) is 20.9 Å². The van der Waals surface area contributed by atoms with Crippen molar-refractivity contribution in [3.63, 3.8) is 0 Å². The Kier molecular flexibility index (Phi) is 5.73. The lowest BCUT2D eigenvalue weighted by Gasteiger charge is -2.34. The van der Waals surface area contributed by atoms with Gasteiger partial charge in [0.05, 0.1) is 11.2 Å². The van der Waals surface area contributed by atoms with Gasteiger partial charge in [0.15, 0.2) is 6.29 Å². The molecule has 0 aromatic carbocycles. The Bertz CT molecular complexity index is 163. The molecule has 0 radical (unpaired) electrons. The first-order chi connectivity index (χ1) is 6.76. The highest BCUT2D eigenvalue weighted by atomic mass is 16.7. The zero-order valence-corrected chi connectivity index (χ0v) is 10.7. The molecule has 4 nitrogen and oxygen atoms in total. The third-order valence-corrected chi connectivity index (χ3v) is 2.22. The average molecular weight is 218 g/mol. The Morgan fingerprint density at radius 3 is 1.47 bits per heavy atom. The van der Waals surface area contributed by atoms with Crippen molar-refractivity contribution in [3.8, 4) is 0 Å². The smallest absolute Gasteiger partial charge is 0.158 e. The molecular weight excluding hydrogens is 192 g/mol. The summed E-state index contributed by atoms with van der Waals surface area (Å²) in [6, 6.07) is 0. The summed E-state index contributed by atoms with van der Waals surface area (Å²) in [5, 5.41) is 0. The quantitative estimate of drug-likeness (QED) is 0.631. The molecule has 0 aliphatic carbocycles. The summed E-state index contributed by atoms with van der Waals surface area (Å²) in [5.74, 6) is 0. The van der Waals surface area contributed by atoms with Crippen molar-refractivity contribution in [2.24, 2.45) is 11.5 Å². The van der Waals surface area contributed by atoms with Gasteiger partial charge in [-0.15, -0.1) is 0 Å². The molecule has 0 fully saturated rings. The van der Waals surface area contributed by atoms with E-state index in [-0.39, 0.29) is 17.5 Å². The van der Waals surface area contributed by atoms with E-state index in [0.717, 1.165) is 6.42 Å². The molecule has 0 rings (SSSR count). The lowest BCUT2D eigenvalue weighted by atomic mass is 10.1. The molecule has 0 heterocycles. The average Bonchev–Trinajstić information content (AvgIpc) is 2.16. The molecule has 0 aromatic rings. The minimum absolute atomic E-state index is 0.248. The summed E-state index contributed by atoms with van der Waals surface area (Å²) in [7, 11) is 0. The first kappa shape index (κ1) is 14.8. The van der Waals surface area contributed by atoms with Crippen molar-refractivity contribution in [2.75, 3.05) is 13.1 Å². The van der Waals surface area contributed by atoms with Gasteiger partial charge >= 0.3 is 0 Å². The highest BCUT2D eigenvalue weighted by molar-refractivity contribution is 4.73. The van der Waals surface area contributed by atoms with Crippen LogP contribution in [0.5, 0.6) is 0 Å².